The Bertz CT molecular complexity index is 251. The van der Waals surface area contributed by atoms with E-state index in [0.29, 0.717) is 0 Å². The highest BCUT2D eigenvalue weighted by Gasteiger charge is 2.55. The zero-order chi connectivity index (χ0) is 8.34. The molecule has 0 aromatic rings. The molecule has 0 radical (unpaired) electrons. The molecule has 0 heterocycles. The number of fused-ring (bicyclic) bond motifs is 5. The maximum Gasteiger partial charge on any atom is -0.0166 e. The molecule has 0 nitrogen and oxygen atoms in total. The Labute approximate surface area is 75.0 Å². The summed E-state index contributed by atoms with van der Waals surface area (Å²) in [6, 6.07) is 0. The fourth-order valence-electron chi connectivity index (χ4n) is 4.15. The Morgan fingerprint density at radius 3 is 3.08 bits per heavy atom. The number of rotatable bonds is 0. The topological polar surface area (TPSA) is 0 Å². The molecule has 2 bridgehead atoms. The van der Waals surface area contributed by atoms with E-state index in [9.17, 15) is 0 Å². The van der Waals surface area contributed by atoms with Gasteiger partial charge in [-0.3, -0.25) is 0 Å². The predicted octanol–water partition coefficient (Wildman–Crippen LogP) is 3.39. The summed E-state index contributed by atoms with van der Waals surface area (Å²) >= 11 is 0. The van der Waals surface area contributed by atoms with Gasteiger partial charge in [-0.25, -0.2) is 0 Å². The first-order valence-corrected chi connectivity index (χ1v) is 5.36. The van der Waals surface area contributed by atoms with Crippen molar-refractivity contribution in [2.24, 2.45) is 23.2 Å². The van der Waals surface area contributed by atoms with Crippen molar-refractivity contribution in [1.29, 1.82) is 0 Å². The SMILES string of the molecule is CC1=CC2C3CCC(C)(C3)C2C1. The van der Waals surface area contributed by atoms with E-state index in [0.717, 1.165) is 23.2 Å². The number of hydrogen-bond acceptors (Lipinski definition) is 0. The second-order valence-corrected chi connectivity index (χ2v) is 5.56. The van der Waals surface area contributed by atoms with Crippen molar-refractivity contribution < 1.29 is 0 Å². The standard InChI is InChI=1S/C12H18/c1-8-5-10-9-3-4-12(2,7-9)11(10)6-8/h5,9-11H,3-4,6-7H2,1-2H3. The monoisotopic (exact) mass is 162 g/mol. The molecule has 0 aliphatic heterocycles. The Morgan fingerprint density at radius 2 is 2.33 bits per heavy atom. The van der Waals surface area contributed by atoms with Crippen molar-refractivity contribution in [3.8, 4) is 0 Å². The minimum Gasteiger partial charge on any atom is -0.0819 e. The van der Waals surface area contributed by atoms with E-state index in [-0.39, 0.29) is 0 Å². The van der Waals surface area contributed by atoms with Crippen molar-refractivity contribution in [2.75, 3.05) is 0 Å². The molecular formula is C12H18. The van der Waals surface area contributed by atoms with Gasteiger partial charge in [0.05, 0.1) is 0 Å². The smallest absolute Gasteiger partial charge is 0.0166 e. The first-order chi connectivity index (χ1) is 5.69. The molecule has 0 N–H and O–H groups in total. The van der Waals surface area contributed by atoms with E-state index in [2.05, 4.69) is 19.9 Å². The Hall–Kier alpha value is -0.260. The fraction of sp³-hybridized carbons (Fsp3) is 0.833. The van der Waals surface area contributed by atoms with E-state index in [1.807, 2.05) is 0 Å². The average Bonchev–Trinajstić information content (AvgIpc) is 2.57. The Kier molecular flexibility index (Phi) is 1.18. The average molecular weight is 162 g/mol. The van der Waals surface area contributed by atoms with Crippen molar-refractivity contribution in [3.05, 3.63) is 11.6 Å². The minimum atomic E-state index is 0.740. The molecule has 2 fully saturated rings. The number of allylic oxidation sites excluding steroid dienone is 2. The lowest BCUT2D eigenvalue weighted by Gasteiger charge is -2.32. The van der Waals surface area contributed by atoms with Crippen molar-refractivity contribution in [1.82, 2.24) is 0 Å². The summed E-state index contributed by atoms with van der Waals surface area (Å²) in [4.78, 5) is 0. The quantitative estimate of drug-likeness (QED) is 0.479. The van der Waals surface area contributed by atoms with E-state index < -0.39 is 0 Å². The van der Waals surface area contributed by atoms with Crippen LogP contribution in [0.5, 0.6) is 0 Å². The van der Waals surface area contributed by atoms with Gasteiger partial charge in [0.15, 0.2) is 0 Å². The lowest BCUT2D eigenvalue weighted by Crippen LogP contribution is -2.24. The molecule has 0 spiro atoms. The molecule has 3 aliphatic carbocycles. The third-order valence-corrected chi connectivity index (χ3v) is 4.74. The molecule has 0 heteroatoms. The third kappa shape index (κ3) is 0.694. The van der Waals surface area contributed by atoms with Crippen LogP contribution in [0.4, 0.5) is 0 Å². The maximum atomic E-state index is 2.58. The second-order valence-electron chi connectivity index (χ2n) is 5.56. The van der Waals surface area contributed by atoms with Crippen LogP contribution in [0, 0.1) is 23.2 Å². The Balaban J connectivity index is 1.99. The van der Waals surface area contributed by atoms with Gasteiger partial charge >= 0.3 is 0 Å². The van der Waals surface area contributed by atoms with Crippen LogP contribution >= 0.6 is 0 Å². The molecule has 0 amide bonds. The zero-order valence-electron chi connectivity index (χ0n) is 8.14. The van der Waals surface area contributed by atoms with Gasteiger partial charge < -0.3 is 0 Å². The van der Waals surface area contributed by atoms with Crippen LogP contribution in [0.3, 0.4) is 0 Å². The molecule has 2 saturated carbocycles. The van der Waals surface area contributed by atoms with Crippen LogP contribution in [-0.4, -0.2) is 0 Å². The highest BCUT2D eigenvalue weighted by atomic mass is 14.6. The minimum absolute atomic E-state index is 0.740. The fourth-order valence-corrected chi connectivity index (χ4v) is 4.15. The third-order valence-electron chi connectivity index (χ3n) is 4.74. The lowest BCUT2D eigenvalue weighted by molar-refractivity contribution is 0.185. The van der Waals surface area contributed by atoms with Crippen molar-refractivity contribution in [2.45, 2.75) is 39.5 Å². The largest absolute Gasteiger partial charge is 0.0819 e. The van der Waals surface area contributed by atoms with Gasteiger partial charge in [0.2, 0.25) is 0 Å². The molecule has 4 unspecified atom stereocenters. The van der Waals surface area contributed by atoms with E-state index >= 15 is 0 Å². The van der Waals surface area contributed by atoms with Gasteiger partial charge in [-0.2, -0.15) is 0 Å². The lowest BCUT2D eigenvalue weighted by atomic mass is 9.72. The van der Waals surface area contributed by atoms with E-state index in [4.69, 9.17) is 0 Å². The Morgan fingerprint density at radius 1 is 1.50 bits per heavy atom. The first kappa shape index (κ1) is 7.17. The van der Waals surface area contributed by atoms with Crippen LogP contribution in [-0.2, 0) is 0 Å². The van der Waals surface area contributed by atoms with Gasteiger partial charge in [-0.1, -0.05) is 18.6 Å². The molecule has 12 heavy (non-hydrogen) atoms. The molecule has 0 aromatic carbocycles. The van der Waals surface area contributed by atoms with Crippen LogP contribution in [0.1, 0.15) is 39.5 Å². The normalized spacial score (nSPS) is 55.8. The summed E-state index contributed by atoms with van der Waals surface area (Å²) in [5.74, 6) is 3.09. The summed E-state index contributed by atoms with van der Waals surface area (Å²) in [5, 5.41) is 0. The molecule has 0 aromatic heterocycles. The van der Waals surface area contributed by atoms with Crippen LogP contribution in [0.2, 0.25) is 0 Å². The molecular weight excluding hydrogens is 144 g/mol. The summed E-state index contributed by atoms with van der Waals surface area (Å²) in [6.07, 6.45) is 8.56. The predicted molar refractivity (Wildman–Crippen MR) is 50.8 cm³/mol. The van der Waals surface area contributed by atoms with Crippen LogP contribution in [0.25, 0.3) is 0 Å². The molecule has 66 valence electrons. The first-order valence-electron chi connectivity index (χ1n) is 5.36. The van der Waals surface area contributed by atoms with Gasteiger partial charge in [-0.05, 0) is 55.8 Å². The summed E-state index contributed by atoms with van der Waals surface area (Å²) < 4.78 is 0. The van der Waals surface area contributed by atoms with E-state index in [1.165, 1.54) is 25.7 Å². The van der Waals surface area contributed by atoms with Crippen molar-refractivity contribution in [3.63, 3.8) is 0 Å². The molecule has 0 saturated heterocycles. The van der Waals surface area contributed by atoms with E-state index in [1.54, 1.807) is 5.57 Å². The zero-order valence-corrected chi connectivity index (χ0v) is 8.14. The highest BCUT2D eigenvalue weighted by molar-refractivity contribution is 5.21. The van der Waals surface area contributed by atoms with Gasteiger partial charge in [-0.15, -0.1) is 0 Å². The highest BCUT2D eigenvalue weighted by Crippen LogP contribution is 2.64. The van der Waals surface area contributed by atoms with Gasteiger partial charge in [0.1, 0.15) is 0 Å². The molecule has 4 atom stereocenters. The second kappa shape index (κ2) is 1.97. The van der Waals surface area contributed by atoms with Gasteiger partial charge in [0.25, 0.3) is 0 Å². The van der Waals surface area contributed by atoms with Crippen molar-refractivity contribution >= 4 is 0 Å². The molecule has 3 rings (SSSR count). The van der Waals surface area contributed by atoms with Gasteiger partial charge in [0, 0.05) is 0 Å². The summed E-state index contributed by atoms with van der Waals surface area (Å²) in [7, 11) is 0. The summed E-state index contributed by atoms with van der Waals surface area (Å²) in [6.45, 7) is 4.85. The maximum absolute atomic E-state index is 2.58. The number of hydrogen-bond donors (Lipinski definition) is 0. The molecule has 3 aliphatic rings. The van der Waals surface area contributed by atoms with Crippen LogP contribution < -0.4 is 0 Å². The van der Waals surface area contributed by atoms with Crippen LogP contribution in [0.15, 0.2) is 11.6 Å². The summed E-state index contributed by atoms with van der Waals surface area (Å²) in [5.41, 5.74) is 2.41.